The van der Waals surface area contributed by atoms with Gasteiger partial charge in [0.15, 0.2) is 5.78 Å². The Morgan fingerprint density at radius 2 is 2.14 bits per heavy atom. The molecule has 114 valence electrons. The highest BCUT2D eigenvalue weighted by atomic mass is 16.3. The van der Waals surface area contributed by atoms with Crippen LogP contribution in [0.2, 0.25) is 0 Å². The number of carbonyl (C=O) groups is 1. The van der Waals surface area contributed by atoms with Crippen molar-refractivity contribution >= 4 is 11.4 Å². The number of aromatic nitrogens is 1. The number of hydrogen-bond acceptors (Lipinski definition) is 4. The molecule has 1 aromatic heterocycles. The predicted octanol–water partition coefficient (Wildman–Crippen LogP) is 2.60. The third-order valence-electron chi connectivity index (χ3n) is 3.43. The molecule has 0 radical (unpaired) electrons. The van der Waals surface area contributed by atoms with E-state index in [0.29, 0.717) is 18.4 Å². The van der Waals surface area contributed by atoms with Gasteiger partial charge in [0.1, 0.15) is 6.10 Å². The van der Waals surface area contributed by atoms with Crippen LogP contribution >= 0.6 is 0 Å². The number of aliphatic hydroxyl groups excluding tert-OH is 2. The number of rotatable bonds is 8. The topological polar surface area (TPSA) is 70.4 Å². The number of ketones is 1. The second-order valence-corrected chi connectivity index (χ2v) is 5.35. The Hall–Kier alpha value is -1.78. The van der Waals surface area contributed by atoms with Crippen LogP contribution in [0.3, 0.4) is 0 Å². The molecule has 4 nitrogen and oxygen atoms in total. The minimum atomic E-state index is -0.955. The van der Waals surface area contributed by atoms with Crippen molar-refractivity contribution < 1.29 is 15.0 Å². The Kier molecular flexibility index (Phi) is 6.46. The maximum absolute atomic E-state index is 11.4. The lowest BCUT2D eigenvalue weighted by Crippen LogP contribution is -2.10. The van der Waals surface area contributed by atoms with Crippen molar-refractivity contribution in [3.05, 3.63) is 48.3 Å². The summed E-state index contributed by atoms with van der Waals surface area (Å²) >= 11 is 0. The summed E-state index contributed by atoms with van der Waals surface area (Å²) in [4.78, 5) is 15.6. The third kappa shape index (κ3) is 4.62. The van der Waals surface area contributed by atoms with Gasteiger partial charge in [-0.3, -0.25) is 9.78 Å². The fourth-order valence-corrected chi connectivity index (χ4v) is 2.44. The lowest BCUT2D eigenvalue weighted by molar-refractivity contribution is -0.115. The van der Waals surface area contributed by atoms with Crippen LogP contribution in [0.5, 0.6) is 0 Å². The van der Waals surface area contributed by atoms with Crippen molar-refractivity contribution in [3.63, 3.8) is 0 Å². The summed E-state index contributed by atoms with van der Waals surface area (Å²) in [5.74, 6) is 0.135. The summed E-state index contributed by atoms with van der Waals surface area (Å²) in [6, 6.07) is 1.69. The van der Waals surface area contributed by atoms with Gasteiger partial charge in [0.25, 0.3) is 0 Å². The molecule has 0 aliphatic rings. The molecule has 0 saturated heterocycles. The number of hydrogen-bond donors (Lipinski definition) is 2. The van der Waals surface area contributed by atoms with E-state index in [-0.39, 0.29) is 18.3 Å². The Morgan fingerprint density at radius 1 is 1.48 bits per heavy atom. The van der Waals surface area contributed by atoms with E-state index in [1.54, 1.807) is 12.3 Å². The van der Waals surface area contributed by atoms with Gasteiger partial charge in [0.2, 0.25) is 0 Å². The standard InChI is InChI=1S/C17H23NO3/c1-5-14(20)9-11(2)8-12(3)17-13(4)18-7-6-15(17)16(21)10-19/h5-7,11,16,19,21H,1,3,8-10H2,2,4H3/t11?,16-/m1/s1. The fourth-order valence-electron chi connectivity index (χ4n) is 2.44. The Labute approximate surface area is 125 Å². The second-order valence-electron chi connectivity index (χ2n) is 5.35. The van der Waals surface area contributed by atoms with Crippen molar-refractivity contribution in [2.24, 2.45) is 5.92 Å². The molecule has 4 heteroatoms. The molecular weight excluding hydrogens is 266 g/mol. The molecule has 1 heterocycles. The molecule has 0 fully saturated rings. The molecule has 1 aromatic rings. The van der Waals surface area contributed by atoms with E-state index < -0.39 is 6.10 Å². The third-order valence-corrected chi connectivity index (χ3v) is 3.43. The first kappa shape index (κ1) is 17.3. The van der Waals surface area contributed by atoms with Gasteiger partial charge in [0, 0.05) is 23.9 Å². The molecule has 0 aliphatic heterocycles. The smallest absolute Gasteiger partial charge is 0.155 e. The average molecular weight is 289 g/mol. The van der Waals surface area contributed by atoms with Crippen LogP contribution in [0.15, 0.2) is 31.5 Å². The van der Waals surface area contributed by atoms with Gasteiger partial charge in [-0.25, -0.2) is 0 Å². The Bertz CT molecular complexity index is 537. The van der Waals surface area contributed by atoms with Crippen molar-refractivity contribution in [2.45, 2.75) is 32.8 Å². The molecule has 0 aromatic carbocycles. The van der Waals surface area contributed by atoms with Crippen LogP contribution in [0.1, 0.15) is 42.7 Å². The van der Waals surface area contributed by atoms with Crippen molar-refractivity contribution in [2.75, 3.05) is 6.61 Å². The van der Waals surface area contributed by atoms with E-state index in [2.05, 4.69) is 18.1 Å². The predicted molar refractivity (Wildman–Crippen MR) is 83.7 cm³/mol. The van der Waals surface area contributed by atoms with Crippen LogP contribution in [-0.2, 0) is 4.79 Å². The average Bonchev–Trinajstić information content (AvgIpc) is 2.45. The summed E-state index contributed by atoms with van der Waals surface area (Å²) < 4.78 is 0. The first-order chi connectivity index (χ1) is 9.90. The Morgan fingerprint density at radius 3 is 2.71 bits per heavy atom. The van der Waals surface area contributed by atoms with Crippen molar-refractivity contribution in [1.82, 2.24) is 4.98 Å². The van der Waals surface area contributed by atoms with Crippen molar-refractivity contribution in [1.29, 1.82) is 0 Å². The number of allylic oxidation sites excluding steroid dienone is 2. The minimum absolute atomic E-state index is 0.00817. The van der Waals surface area contributed by atoms with E-state index >= 15 is 0 Å². The van der Waals surface area contributed by atoms with E-state index in [1.807, 2.05) is 13.8 Å². The molecule has 2 N–H and O–H groups in total. The molecule has 21 heavy (non-hydrogen) atoms. The zero-order valence-corrected chi connectivity index (χ0v) is 12.7. The zero-order valence-electron chi connectivity index (χ0n) is 12.7. The van der Waals surface area contributed by atoms with Crippen molar-refractivity contribution in [3.8, 4) is 0 Å². The van der Waals surface area contributed by atoms with Gasteiger partial charge in [-0.05, 0) is 42.5 Å². The fraction of sp³-hybridized carbons (Fsp3) is 0.412. The number of carbonyl (C=O) groups excluding carboxylic acids is 1. The summed E-state index contributed by atoms with van der Waals surface area (Å²) in [5, 5.41) is 19.1. The number of pyridine rings is 1. The van der Waals surface area contributed by atoms with Crippen LogP contribution < -0.4 is 0 Å². The van der Waals surface area contributed by atoms with Crippen LogP contribution in [0, 0.1) is 12.8 Å². The van der Waals surface area contributed by atoms with E-state index in [4.69, 9.17) is 5.11 Å². The monoisotopic (exact) mass is 289 g/mol. The molecule has 1 unspecified atom stereocenters. The maximum atomic E-state index is 11.4. The first-order valence-electron chi connectivity index (χ1n) is 6.98. The van der Waals surface area contributed by atoms with Gasteiger partial charge >= 0.3 is 0 Å². The van der Waals surface area contributed by atoms with Gasteiger partial charge < -0.3 is 10.2 Å². The molecule has 0 spiro atoms. The van der Waals surface area contributed by atoms with Crippen LogP contribution in [0.25, 0.3) is 5.57 Å². The number of aryl methyl sites for hydroxylation is 1. The molecule has 2 atom stereocenters. The molecule has 0 amide bonds. The highest BCUT2D eigenvalue weighted by Gasteiger charge is 2.18. The quantitative estimate of drug-likeness (QED) is 0.722. The van der Waals surface area contributed by atoms with E-state index in [9.17, 15) is 9.90 Å². The largest absolute Gasteiger partial charge is 0.393 e. The van der Waals surface area contributed by atoms with Gasteiger partial charge in [-0.15, -0.1) is 0 Å². The summed E-state index contributed by atoms with van der Waals surface area (Å²) in [7, 11) is 0. The number of aliphatic hydroxyl groups is 2. The van der Waals surface area contributed by atoms with Crippen LogP contribution in [0.4, 0.5) is 0 Å². The first-order valence-corrected chi connectivity index (χ1v) is 6.98. The van der Waals surface area contributed by atoms with Gasteiger partial charge in [-0.1, -0.05) is 20.1 Å². The zero-order chi connectivity index (χ0) is 16.0. The lowest BCUT2D eigenvalue weighted by Gasteiger charge is -2.19. The molecule has 0 aliphatic carbocycles. The highest BCUT2D eigenvalue weighted by Crippen LogP contribution is 2.30. The maximum Gasteiger partial charge on any atom is 0.155 e. The molecule has 1 rings (SSSR count). The summed E-state index contributed by atoms with van der Waals surface area (Å²) in [6.45, 7) is 11.0. The molecule has 0 bridgehead atoms. The Balaban J connectivity index is 2.96. The van der Waals surface area contributed by atoms with Crippen LogP contribution in [-0.4, -0.2) is 27.6 Å². The van der Waals surface area contributed by atoms with E-state index in [1.165, 1.54) is 6.08 Å². The van der Waals surface area contributed by atoms with Gasteiger partial charge in [0.05, 0.1) is 6.61 Å². The molecular formula is C17H23NO3. The highest BCUT2D eigenvalue weighted by molar-refractivity contribution is 5.89. The SMILES string of the molecule is C=CC(=O)CC(C)CC(=C)c1c([C@H](O)CO)ccnc1C. The summed E-state index contributed by atoms with van der Waals surface area (Å²) in [6.07, 6.45) is 3.01. The molecule has 0 saturated carbocycles. The minimum Gasteiger partial charge on any atom is -0.393 e. The second kappa shape index (κ2) is 7.86. The van der Waals surface area contributed by atoms with Gasteiger partial charge in [-0.2, -0.15) is 0 Å². The number of nitrogens with zero attached hydrogens (tertiary/aromatic N) is 1. The lowest BCUT2D eigenvalue weighted by atomic mass is 9.89. The van der Waals surface area contributed by atoms with E-state index in [0.717, 1.165) is 16.8 Å². The normalized spacial score (nSPS) is 13.5. The summed E-state index contributed by atoms with van der Waals surface area (Å²) in [5.41, 5.74) is 2.97.